The van der Waals surface area contributed by atoms with Gasteiger partial charge >= 0.3 is 5.97 Å². The maximum Gasteiger partial charge on any atom is 0.305 e. The standard InChI is InChI=1S/C24H36O4/c1-4-28-21(26)10-14-24(27)13-9-20-18-6-5-16-15-17(25)7-11-22(16,2)19(18)8-12-23(20,24)3/h15,18-20,27H,4-14H2,1-3H3/t18-,19+,20+,22+,23+,24-/m1/s1. The third-order valence-corrected chi connectivity index (χ3v) is 9.33. The summed E-state index contributed by atoms with van der Waals surface area (Å²) in [7, 11) is 0. The molecule has 0 unspecified atom stereocenters. The van der Waals surface area contributed by atoms with Crippen LogP contribution in [-0.4, -0.2) is 29.1 Å². The molecule has 4 heteroatoms. The Labute approximate surface area is 169 Å². The number of ether oxygens (including phenoxy) is 1. The number of allylic oxidation sites excluding steroid dienone is 1. The highest BCUT2D eigenvalue weighted by molar-refractivity contribution is 5.91. The second kappa shape index (κ2) is 6.97. The second-order valence-corrected chi connectivity index (χ2v) is 10.3. The number of rotatable bonds is 4. The van der Waals surface area contributed by atoms with Crippen molar-refractivity contribution < 1.29 is 19.4 Å². The van der Waals surface area contributed by atoms with Crippen LogP contribution in [0.1, 0.15) is 85.0 Å². The van der Waals surface area contributed by atoms with Crippen LogP contribution < -0.4 is 0 Å². The highest BCUT2D eigenvalue weighted by atomic mass is 16.5. The first-order chi connectivity index (χ1) is 13.2. The lowest BCUT2D eigenvalue weighted by atomic mass is 9.46. The molecule has 0 radical (unpaired) electrons. The number of fused-ring (bicyclic) bond motifs is 5. The number of esters is 1. The zero-order chi connectivity index (χ0) is 20.2. The molecule has 0 aromatic rings. The van der Waals surface area contributed by atoms with Gasteiger partial charge in [-0.05, 0) is 93.0 Å². The maximum absolute atomic E-state index is 12.0. The molecule has 4 nitrogen and oxygen atoms in total. The highest BCUT2D eigenvalue weighted by Crippen LogP contribution is 2.68. The van der Waals surface area contributed by atoms with Gasteiger partial charge < -0.3 is 9.84 Å². The Morgan fingerprint density at radius 1 is 1.14 bits per heavy atom. The van der Waals surface area contributed by atoms with Gasteiger partial charge in [0.2, 0.25) is 0 Å². The van der Waals surface area contributed by atoms with Gasteiger partial charge in [0.05, 0.1) is 12.2 Å². The quantitative estimate of drug-likeness (QED) is 0.715. The minimum absolute atomic E-state index is 0.108. The number of carbonyl (C=O) groups excluding carboxylic acids is 2. The molecule has 0 bridgehead atoms. The Balaban J connectivity index is 1.54. The smallest absolute Gasteiger partial charge is 0.305 e. The van der Waals surface area contributed by atoms with Crippen LogP contribution in [0.25, 0.3) is 0 Å². The molecule has 0 spiro atoms. The van der Waals surface area contributed by atoms with Gasteiger partial charge in [-0.25, -0.2) is 0 Å². The zero-order valence-electron chi connectivity index (χ0n) is 17.8. The summed E-state index contributed by atoms with van der Waals surface area (Å²) >= 11 is 0. The lowest BCUT2D eigenvalue weighted by molar-refractivity contribution is -0.151. The molecular formula is C24H36O4. The van der Waals surface area contributed by atoms with Crippen molar-refractivity contribution in [3.63, 3.8) is 0 Å². The molecule has 0 aliphatic heterocycles. The maximum atomic E-state index is 12.0. The van der Waals surface area contributed by atoms with E-state index in [1.165, 1.54) is 5.57 Å². The molecular weight excluding hydrogens is 352 g/mol. The summed E-state index contributed by atoms with van der Waals surface area (Å²) < 4.78 is 5.10. The predicted octanol–water partition coefficient (Wildman–Crippen LogP) is 4.59. The molecule has 0 heterocycles. The average Bonchev–Trinajstić information content (AvgIpc) is 2.93. The Hall–Kier alpha value is -1.16. The molecule has 4 rings (SSSR count). The van der Waals surface area contributed by atoms with E-state index in [0.717, 1.165) is 44.9 Å². The molecule has 0 saturated heterocycles. The van der Waals surface area contributed by atoms with Gasteiger partial charge in [-0.3, -0.25) is 9.59 Å². The number of hydrogen-bond donors (Lipinski definition) is 1. The summed E-state index contributed by atoms with van der Waals surface area (Å²) in [4.78, 5) is 23.9. The monoisotopic (exact) mass is 388 g/mol. The topological polar surface area (TPSA) is 63.6 Å². The fourth-order valence-corrected chi connectivity index (χ4v) is 7.62. The first-order valence-electron chi connectivity index (χ1n) is 11.4. The molecule has 4 aliphatic rings. The van der Waals surface area contributed by atoms with Crippen molar-refractivity contribution in [1.82, 2.24) is 0 Å². The van der Waals surface area contributed by atoms with Crippen LogP contribution in [0.3, 0.4) is 0 Å². The molecule has 1 N–H and O–H groups in total. The third kappa shape index (κ3) is 2.89. The molecule has 4 aliphatic carbocycles. The summed E-state index contributed by atoms with van der Waals surface area (Å²) in [6.45, 7) is 6.90. The molecule has 156 valence electrons. The molecule has 0 aromatic heterocycles. The highest BCUT2D eigenvalue weighted by Gasteiger charge is 2.63. The van der Waals surface area contributed by atoms with E-state index in [0.29, 0.717) is 49.4 Å². The van der Waals surface area contributed by atoms with Crippen molar-refractivity contribution in [2.45, 2.75) is 90.6 Å². The molecule has 3 fully saturated rings. The van der Waals surface area contributed by atoms with E-state index in [2.05, 4.69) is 13.8 Å². The van der Waals surface area contributed by atoms with Crippen LogP contribution in [0, 0.1) is 28.6 Å². The lowest BCUT2D eigenvalue weighted by Crippen LogP contribution is -2.54. The Morgan fingerprint density at radius 2 is 1.89 bits per heavy atom. The first kappa shape index (κ1) is 20.1. The van der Waals surface area contributed by atoms with Crippen LogP contribution in [0.5, 0.6) is 0 Å². The van der Waals surface area contributed by atoms with Crippen molar-refractivity contribution in [3.8, 4) is 0 Å². The third-order valence-electron chi connectivity index (χ3n) is 9.33. The van der Waals surface area contributed by atoms with Gasteiger partial charge in [0.1, 0.15) is 0 Å². The zero-order valence-corrected chi connectivity index (χ0v) is 17.8. The van der Waals surface area contributed by atoms with Gasteiger partial charge in [0.25, 0.3) is 0 Å². The van der Waals surface area contributed by atoms with E-state index < -0.39 is 5.60 Å². The molecule has 0 amide bonds. The normalized spacial score (nSPS) is 44.9. The molecule has 3 saturated carbocycles. The second-order valence-electron chi connectivity index (χ2n) is 10.3. The van der Waals surface area contributed by atoms with Crippen LogP contribution in [0.4, 0.5) is 0 Å². The van der Waals surface area contributed by atoms with E-state index >= 15 is 0 Å². The van der Waals surface area contributed by atoms with Crippen LogP contribution in [0.15, 0.2) is 11.6 Å². The summed E-state index contributed by atoms with van der Waals surface area (Å²) in [5.74, 6) is 1.90. The number of aliphatic hydroxyl groups is 1. The fraction of sp³-hybridized carbons (Fsp3) is 0.833. The molecule has 0 aromatic carbocycles. The molecule has 6 atom stereocenters. The average molecular weight is 389 g/mol. The predicted molar refractivity (Wildman–Crippen MR) is 108 cm³/mol. The van der Waals surface area contributed by atoms with E-state index in [1.807, 2.05) is 13.0 Å². The lowest BCUT2D eigenvalue weighted by Gasteiger charge is -2.59. The van der Waals surface area contributed by atoms with Gasteiger partial charge in [0, 0.05) is 12.8 Å². The fourth-order valence-electron chi connectivity index (χ4n) is 7.62. The summed E-state index contributed by atoms with van der Waals surface area (Å²) in [6, 6.07) is 0. The minimum atomic E-state index is -0.755. The van der Waals surface area contributed by atoms with Gasteiger partial charge in [-0.2, -0.15) is 0 Å². The van der Waals surface area contributed by atoms with Crippen LogP contribution >= 0.6 is 0 Å². The summed E-state index contributed by atoms with van der Waals surface area (Å²) in [6.07, 6.45) is 10.7. The van der Waals surface area contributed by atoms with E-state index in [4.69, 9.17) is 4.74 Å². The van der Waals surface area contributed by atoms with E-state index in [-0.39, 0.29) is 16.8 Å². The largest absolute Gasteiger partial charge is 0.466 e. The van der Waals surface area contributed by atoms with Crippen molar-refractivity contribution in [2.75, 3.05) is 6.61 Å². The van der Waals surface area contributed by atoms with Crippen molar-refractivity contribution in [2.24, 2.45) is 28.6 Å². The Morgan fingerprint density at radius 3 is 2.64 bits per heavy atom. The van der Waals surface area contributed by atoms with Crippen molar-refractivity contribution >= 4 is 11.8 Å². The molecule has 28 heavy (non-hydrogen) atoms. The van der Waals surface area contributed by atoms with Gasteiger partial charge in [-0.15, -0.1) is 0 Å². The van der Waals surface area contributed by atoms with Crippen LogP contribution in [-0.2, 0) is 14.3 Å². The van der Waals surface area contributed by atoms with E-state index in [9.17, 15) is 14.7 Å². The summed E-state index contributed by atoms with van der Waals surface area (Å²) in [5, 5.41) is 11.6. The van der Waals surface area contributed by atoms with Gasteiger partial charge in [-0.1, -0.05) is 19.4 Å². The van der Waals surface area contributed by atoms with Crippen LogP contribution in [0.2, 0.25) is 0 Å². The SMILES string of the molecule is CCOC(=O)CC[C@]1(O)CC[C@H]2[C@@H]3CCC4=CC(=O)CC[C@]4(C)[C@H]3CC[C@@]21C. The van der Waals surface area contributed by atoms with Gasteiger partial charge in [0.15, 0.2) is 5.78 Å². The Kier molecular flexibility index (Phi) is 5.01. The minimum Gasteiger partial charge on any atom is -0.466 e. The van der Waals surface area contributed by atoms with Crippen molar-refractivity contribution in [3.05, 3.63) is 11.6 Å². The number of hydrogen-bond acceptors (Lipinski definition) is 4. The Bertz CT molecular complexity index is 697. The number of ketones is 1. The van der Waals surface area contributed by atoms with Crippen molar-refractivity contribution in [1.29, 1.82) is 0 Å². The number of carbonyl (C=O) groups is 2. The summed E-state index contributed by atoms with van der Waals surface area (Å²) in [5.41, 5.74) is 0.700. The van der Waals surface area contributed by atoms with E-state index in [1.54, 1.807) is 0 Å². The first-order valence-corrected chi connectivity index (χ1v) is 11.4.